The molecule has 1 aliphatic heterocycles. The fourth-order valence-corrected chi connectivity index (χ4v) is 3.32. The molecule has 0 atom stereocenters. The van der Waals surface area contributed by atoms with Gasteiger partial charge in [0.15, 0.2) is 0 Å². The van der Waals surface area contributed by atoms with E-state index in [1.807, 2.05) is 0 Å². The number of carbonyl (C=O) groups is 2. The van der Waals surface area contributed by atoms with Crippen LogP contribution >= 0.6 is 0 Å². The van der Waals surface area contributed by atoms with Gasteiger partial charge in [0.2, 0.25) is 5.91 Å². The van der Waals surface area contributed by atoms with Gasteiger partial charge in [-0.15, -0.1) is 0 Å². The first kappa shape index (κ1) is 14.0. The molecule has 2 fully saturated rings. The monoisotopic (exact) mass is 290 g/mol. The summed E-state index contributed by atoms with van der Waals surface area (Å²) < 4.78 is 13.4. The molecule has 4 nitrogen and oxygen atoms in total. The van der Waals surface area contributed by atoms with Gasteiger partial charge in [0.25, 0.3) is 5.91 Å². The lowest BCUT2D eigenvalue weighted by Crippen LogP contribution is -2.55. The molecular formula is C16H19FN2O2. The standard InChI is InChI=1S/C16H19FN2O2/c1-11-10-12(4-5-13(11)17)19-9-6-14(20)18-16(15(19)21)7-2-3-8-16/h4-5,10H,2-3,6-9H2,1H3,(H,18,20). The molecule has 2 aliphatic rings. The Morgan fingerprint density at radius 3 is 2.62 bits per heavy atom. The molecule has 0 aromatic heterocycles. The van der Waals surface area contributed by atoms with E-state index in [0.29, 0.717) is 30.6 Å². The molecule has 0 radical (unpaired) electrons. The number of hydrogen-bond donors (Lipinski definition) is 1. The van der Waals surface area contributed by atoms with E-state index in [4.69, 9.17) is 0 Å². The van der Waals surface area contributed by atoms with Gasteiger partial charge in [-0.3, -0.25) is 9.59 Å². The molecule has 1 aromatic carbocycles. The van der Waals surface area contributed by atoms with Crippen molar-refractivity contribution in [2.75, 3.05) is 11.4 Å². The average Bonchev–Trinajstić information content (AvgIpc) is 2.87. The molecule has 21 heavy (non-hydrogen) atoms. The van der Waals surface area contributed by atoms with Crippen molar-refractivity contribution in [3.63, 3.8) is 0 Å². The van der Waals surface area contributed by atoms with Crippen LogP contribution in [0.3, 0.4) is 0 Å². The highest BCUT2D eigenvalue weighted by Gasteiger charge is 2.46. The number of hydrogen-bond acceptors (Lipinski definition) is 2. The zero-order valence-corrected chi connectivity index (χ0v) is 12.1. The minimum absolute atomic E-state index is 0.0585. The molecule has 1 aliphatic carbocycles. The predicted octanol–water partition coefficient (Wildman–Crippen LogP) is 2.30. The first-order chi connectivity index (χ1) is 10.0. The number of nitrogens with one attached hydrogen (secondary N) is 1. The van der Waals surface area contributed by atoms with Crippen molar-refractivity contribution in [1.82, 2.24) is 5.32 Å². The second-order valence-electron chi connectivity index (χ2n) is 5.98. The topological polar surface area (TPSA) is 49.4 Å². The van der Waals surface area contributed by atoms with E-state index in [9.17, 15) is 14.0 Å². The van der Waals surface area contributed by atoms with Crippen LogP contribution in [0, 0.1) is 12.7 Å². The van der Waals surface area contributed by atoms with Crippen LogP contribution in [0.15, 0.2) is 18.2 Å². The van der Waals surface area contributed by atoms with Crippen molar-refractivity contribution in [3.05, 3.63) is 29.6 Å². The van der Waals surface area contributed by atoms with Crippen molar-refractivity contribution >= 4 is 17.5 Å². The van der Waals surface area contributed by atoms with E-state index in [2.05, 4.69) is 5.32 Å². The van der Waals surface area contributed by atoms with Gasteiger partial charge in [-0.05, 0) is 43.5 Å². The van der Waals surface area contributed by atoms with Gasteiger partial charge >= 0.3 is 0 Å². The zero-order valence-electron chi connectivity index (χ0n) is 12.1. The van der Waals surface area contributed by atoms with Crippen LogP contribution in [0.2, 0.25) is 0 Å². The lowest BCUT2D eigenvalue weighted by atomic mass is 9.95. The molecule has 0 bridgehead atoms. The molecule has 1 N–H and O–H groups in total. The Morgan fingerprint density at radius 2 is 1.95 bits per heavy atom. The zero-order chi connectivity index (χ0) is 15.0. The van der Waals surface area contributed by atoms with E-state index in [0.717, 1.165) is 12.8 Å². The third-order valence-corrected chi connectivity index (χ3v) is 4.51. The molecule has 5 heteroatoms. The van der Waals surface area contributed by atoms with Crippen molar-refractivity contribution in [1.29, 1.82) is 0 Å². The van der Waals surface area contributed by atoms with Gasteiger partial charge in [-0.1, -0.05) is 12.8 Å². The highest BCUT2D eigenvalue weighted by atomic mass is 19.1. The minimum Gasteiger partial charge on any atom is -0.342 e. The van der Waals surface area contributed by atoms with Crippen LogP contribution < -0.4 is 10.2 Å². The molecule has 1 saturated heterocycles. The molecule has 2 amide bonds. The van der Waals surface area contributed by atoms with Crippen molar-refractivity contribution in [3.8, 4) is 0 Å². The largest absolute Gasteiger partial charge is 0.342 e. The molecule has 3 rings (SSSR count). The second-order valence-corrected chi connectivity index (χ2v) is 5.98. The minimum atomic E-state index is -0.754. The number of halogens is 1. The fraction of sp³-hybridized carbons (Fsp3) is 0.500. The smallest absolute Gasteiger partial charge is 0.252 e. The Hall–Kier alpha value is -1.91. The summed E-state index contributed by atoms with van der Waals surface area (Å²) in [5.41, 5.74) is 0.418. The van der Waals surface area contributed by atoms with Crippen molar-refractivity contribution < 1.29 is 14.0 Å². The maximum Gasteiger partial charge on any atom is 0.252 e. The highest BCUT2D eigenvalue weighted by Crippen LogP contribution is 2.34. The molecule has 1 saturated carbocycles. The summed E-state index contributed by atoms with van der Waals surface area (Å²) in [7, 11) is 0. The van der Waals surface area contributed by atoms with Crippen molar-refractivity contribution in [2.24, 2.45) is 0 Å². The Morgan fingerprint density at radius 1 is 1.24 bits per heavy atom. The quantitative estimate of drug-likeness (QED) is 0.863. The van der Waals surface area contributed by atoms with Gasteiger partial charge in [-0.25, -0.2) is 4.39 Å². The lowest BCUT2D eigenvalue weighted by Gasteiger charge is -2.32. The normalized spacial score (nSPS) is 21.5. The number of carbonyl (C=O) groups excluding carboxylic acids is 2. The van der Waals surface area contributed by atoms with E-state index >= 15 is 0 Å². The fourth-order valence-electron chi connectivity index (χ4n) is 3.32. The average molecular weight is 290 g/mol. The SMILES string of the molecule is Cc1cc(N2CCC(=O)NC3(CCCC3)C2=O)ccc1F. The molecule has 0 unspecified atom stereocenters. The Balaban J connectivity index is 1.98. The van der Waals surface area contributed by atoms with Gasteiger partial charge in [-0.2, -0.15) is 0 Å². The van der Waals surface area contributed by atoms with Crippen molar-refractivity contribution in [2.45, 2.75) is 44.6 Å². The third kappa shape index (κ3) is 2.41. The molecular weight excluding hydrogens is 271 g/mol. The highest BCUT2D eigenvalue weighted by molar-refractivity contribution is 6.04. The number of benzene rings is 1. The first-order valence-corrected chi connectivity index (χ1v) is 7.41. The second kappa shape index (κ2) is 5.13. The summed E-state index contributed by atoms with van der Waals surface area (Å²) in [5.74, 6) is -0.422. The van der Waals surface area contributed by atoms with Crippen LogP contribution in [0.5, 0.6) is 0 Å². The maximum absolute atomic E-state index is 13.4. The Bertz CT molecular complexity index is 594. The van der Waals surface area contributed by atoms with Gasteiger partial charge in [0.05, 0.1) is 0 Å². The lowest BCUT2D eigenvalue weighted by molar-refractivity contribution is -0.129. The molecule has 1 spiro atoms. The predicted molar refractivity (Wildman–Crippen MR) is 77.4 cm³/mol. The first-order valence-electron chi connectivity index (χ1n) is 7.41. The van der Waals surface area contributed by atoms with Gasteiger partial charge in [0.1, 0.15) is 11.4 Å². The summed E-state index contributed by atoms with van der Waals surface area (Å²) in [6.45, 7) is 2.02. The molecule has 112 valence electrons. The molecule has 1 aromatic rings. The molecule has 1 heterocycles. The number of nitrogens with zero attached hydrogens (tertiary/aromatic N) is 1. The van der Waals surface area contributed by atoms with Crippen LogP contribution in [0.25, 0.3) is 0 Å². The summed E-state index contributed by atoms with van der Waals surface area (Å²) >= 11 is 0. The number of aryl methyl sites for hydroxylation is 1. The number of amides is 2. The van der Waals surface area contributed by atoms with Crippen LogP contribution in [-0.4, -0.2) is 23.9 Å². The van der Waals surface area contributed by atoms with Gasteiger partial charge in [0, 0.05) is 18.7 Å². The van der Waals surface area contributed by atoms with E-state index in [-0.39, 0.29) is 24.1 Å². The van der Waals surface area contributed by atoms with Crippen LogP contribution in [0.1, 0.15) is 37.7 Å². The van der Waals surface area contributed by atoms with E-state index in [1.54, 1.807) is 24.0 Å². The van der Waals surface area contributed by atoms with Gasteiger partial charge < -0.3 is 10.2 Å². The Labute approximate surface area is 123 Å². The third-order valence-electron chi connectivity index (χ3n) is 4.51. The van der Waals surface area contributed by atoms with E-state index < -0.39 is 5.54 Å². The number of rotatable bonds is 1. The summed E-state index contributed by atoms with van der Waals surface area (Å²) in [4.78, 5) is 26.5. The Kier molecular flexibility index (Phi) is 3.43. The summed E-state index contributed by atoms with van der Waals surface area (Å²) in [6.07, 6.45) is 3.55. The van der Waals surface area contributed by atoms with Crippen LogP contribution in [0.4, 0.5) is 10.1 Å². The number of anilines is 1. The van der Waals surface area contributed by atoms with E-state index in [1.165, 1.54) is 6.07 Å². The summed E-state index contributed by atoms with van der Waals surface area (Å²) in [6, 6.07) is 4.66. The van der Waals surface area contributed by atoms with Crippen LogP contribution in [-0.2, 0) is 9.59 Å². The summed E-state index contributed by atoms with van der Waals surface area (Å²) in [5, 5.41) is 2.93. The maximum atomic E-state index is 13.4.